The van der Waals surface area contributed by atoms with E-state index in [4.69, 9.17) is 4.74 Å². The van der Waals surface area contributed by atoms with Gasteiger partial charge >= 0.3 is 5.97 Å². The van der Waals surface area contributed by atoms with Crippen LogP contribution >= 0.6 is 0 Å². The van der Waals surface area contributed by atoms with Crippen molar-refractivity contribution in [1.29, 1.82) is 0 Å². The van der Waals surface area contributed by atoms with Crippen LogP contribution in [0, 0.1) is 6.92 Å². The number of rotatable bonds is 6. The van der Waals surface area contributed by atoms with Crippen molar-refractivity contribution in [3.63, 3.8) is 0 Å². The van der Waals surface area contributed by atoms with E-state index in [9.17, 15) is 18.0 Å². The molecule has 2 aromatic carbocycles. The molecule has 1 saturated heterocycles. The number of amides is 1. The van der Waals surface area contributed by atoms with Gasteiger partial charge in [-0.25, -0.2) is 13.2 Å². The second kappa shape index (κ2) is 8.65. The van der Waals surface area contributed by atoms with Crippen LogP contribution in [0.4, 0.5) is 11.4 Å². The summed E-state index contributed by atoms with van der Waals surface area (Å²) in [7, 11) is -1.84. The molecular formula is C21H24N2O5S. The second-order valence-corrected chi connectivity index (χ2v) is 9.23. The van der Waals surface area contributed by atoms with Crippen LogP contribution in [-0.2, 0) is 19.4 Å². The zero-order valence-corrected chi connectivity index (χ0v) is 17.2. The lowest BCUT2D eigenvalue weighted by Crippen LogP contribution is -2.44. The van der Waals surface area contributed by atoms with E-state index in [0.717, 1.165) is 5.56 Å². The largest absolute Gasteiger partial charge is 0.465 e. The summed E-state index contributed by atoms with van der Waals surface area (Å²) < 4.78 is 28.8. The van der Waals surface area contributed by atoms with Gasteiger partial charge in [-0.2, -0.15) is 0 Å². The summed E-state index contributed by atoms with van der Waals surface area (Å²) >= 11 is 0. The van der Waals surface area contributed by atoms with Crippen molar-refractivity contribution in [2.45, 2.75) is 19.4 Å². The highest BCUT2D eigenvalue weighted by Crippen LogP contribution is 2.25. The van der Waals surface area contributed by atoms with E-state index in [2.05, 4.69) is 5.32 Å². The van der Waals surface area contributed by atoms with Gasteiger partial charge in [0.25, 0.3) is 0 Å². The van der Waals surface area contributed by atoms with Crippen LogP contribution < -0.4 is 10.2 Å². The van der Waals surface area contributed by atoms with E-state index in [1.165, 1.54) is 7.11 Å². The Balaban J connectivity index is 1.83. The molecule has 1 aliphatic heterocycles. The van der Waals surface area contributed by atoms with Gasteiger partial charge in [0.05, 0.1) is 36.8 Å². The molecule has 1 N–H and O–H groups in total. The van der Waals surface area contributed by atoms with E-state index >= 15 is 0 Å². The number of hydrogen-bond acceptors (Lipinski definition) is 6. The maximum atomic E-state index is 13.1. The fraction of sp³-hybridized carbons (Fsp3) is 0.333. The number of hydrogen-bond donors (Lipinski definition) is 1. The topological polar surface area (TPSA) is 92.8 Å². The average Bonchev–Trinajstić information content (AvgIpc) is 3.06. The van der Waals surface area contributed by atoms with E-state index in [1.807, 2.05) is 18.2 Å². The van der Waals surface area contributed by atoms with Crippen LogP contribution in [-0.4, -0.2) is 51.5 Å². The minimum atomic E-state index is -3.15. The molecule has 0 saturated carbocycles. The number of benzene rings is 2. The summed E-state index contributed by atoms with van der Waals surface area (Å²) in [5.74, 6) is -0.729. The Bertz CT molecular complexity index is 1000. The number of nitrogens with one attached hydrogen (secondary N) is 1. The van der Waals surface area contributed by atoms with Crippen LogP contribution in [0.25, 0.3) is 0 Å². The number of nitrogens with zero attached hydrogens (tertiary/aromatic N) is 1. The highest BCUT2D eigenvalue weighted by atomic mass is 32.2. The molecule has 1 fully saturated rings. The van der Waals surface area contributed by atoms with E-state index < -0.39 is 21.8 Å². The molecule has 0 spiro atoms. The van der Waals surface area contributed by atoms with Crippen LogP contribution in [0.3, 0.4) is 0 Å². The van der Waals surface area contributed by atoms with Crippen molar-refractivity contribution in [2.24, 2.45) is 0 Å². The number of carbonyl (C=O) groups is 2. The Morgan fingerprint density at radius 2 is 1.86 bits per heavy atom. The molecular weight excluding hydrogens is 392 g/mol. The highest BCUT2D eigenvalue weighted by molar-refractivity contribution is 7.91. The summed E-state index contributed by atoms with van der Waals surface area (Å²) in [6, 6.07) is 13.9. The minimum absolute atomic E-state index is 0.0501. The molecule has 0 radical (unpaired) electrons. The fourth-order valence-corrected chi connectivity index (χ4v) is 5.27. The SMILES string of the molecule is COC(=O)c1c(C)cccc1NCC(=O)N(c1ccccc1)C1CCS(=O)(=O)C1. The van der Waals surface area contributed by atoms with Crippen molar-refractivity contribution in [3.05, 3.63) is 59.7 Å². The summed E-state index contributed by atoms with van der Waals surface area (Å²) in [5, 5.41) is 3.02. The van der Waals surface area contributed by atoms with Crippen LogP contribution in [0.5, 0.6) is 0 Å². The first-order valence-electron chi connectivity index (χ1n) is 9.32. The van der Waals surface area contributed by atoms with Gasteiger partial charge in [-0.05, 0) is 37.1 Å². The molecule has 3 rings (SSSR count). The van der Waals surface area contributed by atoms with Gasteiger partial charge in [0.15, 0.2) is 9.84 Å². The molecule has 1 atom stereocenters. The number of sulfone groups is 1. The third-order valence-electron chi connectivity index (χ3n) is 4.97. The molecule has 1 amide bonds. The standard InChI is InChI=1S/C21H24N2O5S/c1-15-7-6-10-18(20(15)21(25)28-2)22-13-19(24)23(16-8-4-3-5-9-16)17-11-12-29(26,27)14-17/h3-10,17,22H,11-14H2,1-2H3. The molecule has 0 aromatic heterocycles. The molecule has 154 valence electrons. The van der Waals surface area contributed by atoms with Crippen molar-refractivity contribution in [2.75, 3.05) is 35.4 Å². The summed E-state index contributed by atoms with van der Waals surface area (Å²) in [6.07, 6.45) is 0.404. The Kier molecular flexibility index (Phi) is 6.22. The Morgan fingerprint density at radius 3 is 2.48 bits per heavy atom. The molecule has 2 aromatic rings. The van der Waals surface area contributed by atoms with Crippen molar-refractivity contribution < 1.29 is 22.7 Å². The van der Waals surface area contributed by atoms with Gasteiger partial charge in [0.2, 0.25) is 5.91 Å². The number of ether oxygens (including phenoxy) is 1. The minimum Gasteiger partial charge on any atom is -0.465 e. The zero-order chi connectivity index (χ0) is 21.0. The number of esters is 1. The van der Waals surface area contributed by atoms with Gasteiger partial charge in [0.1, 0.15) is 0 Å². The Labute approximate surface area is 170 Å². The first-order valence-corrected chi connectivity index (χ1v) is 11.1. The monoisotopic (exact) mass is 416 g/mol. The molecule has 1 heterocycles. The third kappa shape index (κ3) is 4.76. The van der Waals surface area contributed by atoms with Gasteiger partial charge in [-0.1, -0.05) is 30.3 Å². The smallest absolute Gasteiger partial charge is 0.340 e. The first-order chi connectivity index (χ1) is 13.8. The third-order valence-corrected chi connectivity index (χ3v) is 6.72. The molecule has 1 aliphatic rings. The molecule has 1 unspecified atom stereocenters. The summed E-state index contributed by atoms with van der Waals surface area (Å²) in [5.41, 5.74) is 2.25. The number of para-hydroxylation sites is 1. The average molecular weight is 416 g/mol. The van der Waals surface area contributed by atoms with Crippen molar-refractivity contribution in [1.82, 2.24) is 0 Å². The van der Waals surface area contributed by atoms with Crippen molar-refractivity contribution >= 4 is 33.1 Å². The highest BCUT2D eigenvalue weighted by Gasteiger charge is 2.35. The van der Waals surface area contributed by atoms with E-state index in [1.54, 1.807) is 42.2 Å². The normalized spacial score (nSPS) is 17.5. The number of anilines is 2. The summed E-state index contributed by atoms with van der Waals surface area (Å²) in [4.78, 5) is 26.8. The summed E-state index contributed by atoms with van der Waals surface area (Å²) in [6.45, 7) is 1.71. The lowest BCUT2D eigenvalue weighted by atomic mass is 10.1. The molecule has 0 aliphatic carbocycles. The molecule has 29 heavy (non-hydrogen) atoms. The molecule has 7 nitrogen and oxygen atoms in total. The predicted molar refractivity (Wildman–Crippen MR) is 112 cm³/mol. The lowest BCUT2D eigenvalue weighted by Gasteiger charge is -2.29. The van der Waals surface area contributed by atoms with Crippen LogP contribution in [0.1, 0.15) is 22.3 Å². The molecule has 0 bridgehead atoms. The van der Waals surface area contributed by atoms with Gasteiger partial charge < -0.3 is 15.0 Å². The zero-order valence-electron chi connectivity index (χ0n) is 16.4. The maximum Gasteiger partial charge on any atom is 0.340 e. The van der Waals surface area contributed by atoms with Crippen LogP contribution in [0.15, 0.2) is 48.5 Å². The number of carbonyl (C=O) groups excluding carboxylic acids is 2. The van der Waals surface area contributed by atoms with Crippen LogP contribution in [0.2, 0.25) is 0 Å². The van der Waals surface area contributed by atoms with Gasteiger partial charge in [-0.3, -0.25) is 4.79 Å². The number of methoxy groups -OCH3 is 1. The van der Waals surface area contributed by atoms with Crippen molar-refractivity contribution in [3.8, 4) is 0 Å². The van der Waals surface area contributed by atoms with E-state index in [-0.39, 0.29) is 24.0 Å². The predicted octanol–water partition coefficient (Wildman–Crippen LogP) is 2.41. The Hall–Kier alpha value is -2.87. The first kappa shape index (κ1) is 20.9. The fourth-order valence-electron chi connectivity index (χ4n) is 3.57. The molecule has 8 heteroatoms. The Morgan fingerprint density at radius 1 is 1.14 bits per heavy atom. The van der Waals surface area contributed by atoms with E-state index in [0.29, 0.717) is 23.4 Å². The maximum absolute atomic E-state index is 13.1. The lowest BCUT2D eigenvalue weighted by molar-refractivity contribution is -0.117. The quantitative estimate of drug-likeness (QED) is 0.727. The van der Waals surface area contributed by atoms with Gasteiger partial charge in [-0.15, -0.1) is 0 Å². The second-order valence-electron chi connectivity index (χ2n) is 7.00. The number of aryl methyl sites for hydroxylation is 1. The van der Waals surface area contributed by atoms with Gasteiger partial charge in [0, 0.05) is 11.4 Å².